The summed E-state index contributed by atoms with van der Waals surface area (Å²) < 4.78 is 35.7. The summed E-state index contributed by atoms with van der Waals surface area (Å²) in [5.74, 6) is -0.358. The lowest BCUT2D eigenvalue weighted by Gasteiger charge is -2.42. The van der Waals surface area contributed by atoms with E-state index in [4.69, 9.17) is 18.9 Å². The number of allylic oxidation sites excluding steroid dienone is 1. The zero-order chi connectivity index (χ0) is 25.9. The van der Waals surface area contributed by atoms with Gasteiger partial charge in [0.15, 0.2) is 0 Å². The van der Waals surface area contributed by atoms with Gasteiger partial charge < -0.3 is 29.6 Å². The van der Waals surface area contributed by atoms with Crippen LogP contribution in [-0.2, 0) is 28.8 Å². The van der Waals surface area contributed by atoms with Gasteiger partial charge in [-0.3, -0.25) is 4.79 Å². The minimum Gasteiger partial charge on any atom is -0.443 e. The summed E-state index contributed by atoms with van der Waals surface area (Å²) in [5, 5.41) is 9.02. The number of nitrogens with one attached hydrogen (secondary N) is 3. The first-order valence-corrected chi connectivity index (χ1v) is 13.0. The molecule has 4 fully saturated rings. The van der Waals surface area contributed by atoms with Crippen LogP contribution in [0.2, 0.25) is 0 Å². The lowest BCUT2D eigenvalue weighted by molar-refractivity contribution is -0.193. The lowest BCUT2D eigenvalue weighted by Crippen LogP contribution is -2.56. The second-order valence-corrected chi connectivity index (χ2v) is 11.0. The molecule has 204 valence electrons. The van der Waals surface area contributed by atoms with Gasteiger partial charge in [-0.15, -0.1) is 0 Å². The van der Waals surface area contributed by atoms with Crippen molar-refractivity contribution in [2.75, 3.05) is 20.3 Å². The molecule has 4 aliphatic rings. The van der Waals surface area contributed by atoms with Crippen LogP contribution in [0.3, 0.4) is 0 Å². The Balaban J connectivity index is 1.28. The molecule has 2 amide bonds. The number of hydrogen-bond acceptors (Lipinski definition) is 8. The molecule has 4 unspecified atom stereocenters. The normalized spacial score (nSPS) is 39.2. The van der Waals surface area contributed by atoms with Crippen LogP contribution in [-0.4, -0.2) is 73.9 Å². The van der Waals surface area contributed by atoms with E-state index in [1.807, 2.05) is 5.48 Å². The van der Waals surface area contributed by atoms with Crippen molar-refractivity contribution in [2.45, 2.75) is 107 Å². The van der Waals surface area contributed by atoms with E-state index in [2.05, 4.69) is 42.5 Å². The summed E-state index contributed by atoms with van der Waals surface area (Å²) in [6.45, 7) is 6.71. The van der Waals surface area contributed by atoms with Crippen molar-refractivity contribution in [3.05, 3.63) is 11.6 Å². The number of alkyl carbamates (subject to hydrolysis) is 1. The van der Waals surface area contributed by atoms with E-state index in [0.717, 1.165) is 12.8 Å². The van der Waals surface area contributed by atoms with E-state index in [9.17, 15) is 14.1 Å². The Kier molecular flexibility index (Phi) is 8.56. The van der Waals surface area contributed by atoms with Crippen LogP contribution in [0.25, 0.3) is 0 Å². The number of rotatable bonds is 10. The molecule has 36 heavy (non-hydrogen) atoms. The molecule has 2 heterocycles. The summed E-state index contributed by atoms with van der Waals surface area (Å²) in [6, 6.07) is -0.0487. The molecule has 0 aromatic rings. The third kappa shape index (κ3) is 6.19. The number of hydroxylamine groups is 1. The molecule has 0 bridgehead atoms. The van der Waals surface area contributed by atoms with Crippen molar-refractivity contribution in [1.82, 2.24) is 16.1 Å². The molecule has 2 aliphatic heterocycles. The van der Waals surface area contributed by atoms with Crippen LogP contribution in [0.5, 0.6) is 0 Å². The van der Waals surface area contributed by atoms with E-state index in [1.165, 1.54) is 5.57 Å². The van der Waals surface area contributed by atoms with Crippen molar-refractivity contribution in [2.24, 2.45) is 5.92 Å². The summed E-state index contributed by atoms with van der Waals surface area (Å²) in [7, 11) is 1.66. The lowest BCUT2D eigenvalue weighted by atomic mass is 9.68. The molecule has 1 spiro atoms. The third-order valence-corrected chi connectivity index (χ3v) is 8.20. The zero-order valence-corrected chi connectivity index (χ0v) is 21.6. The second-order valence-electron chi connectivity index (χ2n) is 11.0. The first kappa shape index (κ1) is 27.3. The van der Waals surface area contributed by atoms with Crippen LogP contribution in [0.4, 0.5) is 9.32 Å². The average molecular weight is 514 g/mol. The van der Waals surface area contributed by atoms with E-state index in [-0.39, 0.29) is 60.0 Å². The molecule has 4 rings (SSSR count). The van der Waals surface area contributed by atoms with Gasteiger partial charge in [-0.05, 0) is 70.2 Å². The summed E-state index contributed by atoms with van der Waals surface area (Å²) in [5.41, 5.74) is 2.49. The van der Waals surface area contributed by atoms with Gasteiger partial charge in [0.25, 0.3) is 0 Å². The Labute approximate surface area is 211 Å². The van der Waals surface area contributed by atoms with Crippen molar-refractivity contribution in [3.63, 3.8) is 0 Å². The minimum absolute atomic E-state index is 0.0155. The second kappa shape index (κ2) is 11.3. The summed E-state index contributed by atoms with van der Waals surface area (Å²) >= 11 is 0. The van der Waals surface area contributed by atoms with Crippen LogP contribution < -0.4 is 16.1 Å². The number of epoxide rings is 2. The molecule has 3 N–H and O–H groups in total. The maximum Gasteiger partial charge on any atom is 0.407 e. The SMILES string of the molecule is COC1C(OC(=O)NC2CCC(NC(=O)CNOF)CC2)CC[C@]2(CO2)C1C1(C)O[C@@H]1CC=C(C)C. The van der Waals surface area contributed by atoms with Crippen LogP contribution in [0.15, 0.2) is 11.6 Å². The van der Waals surface area contributed by atoms with Crippen LogP contribution in [0.1, 0.15) is 65.7 Å². The fourth-order valence-corrected chi connectivity index (χ4v) is 6.16. The number of hydrogen-bond donors (Lipinski definition) is 3. The number of carbonyl (C=O) groups is 2. The smallest absolute Gasteiger partial charge is 0.407 e. The van der Waals surface area contributed by atoms with Gasteiger partial charge in [-0.25, -0.2) is 4.79 Å². The van der Waals surface area contributed by atoms with E-state index in [0.29, 0.717) is 38.7 Å². The number of methoxy groups -OCH3 is 1. The molecular weight excluding hydrogens is 473 g/mol. The standard InChI is InChI=1S/C25H40FN3O7/c1-15(2)5-10-19-24(3,35-19)22-21(32-4)18(11-12-25(22)14-33-25)34-23(31)29-17-8-6-16(7-9-17)28-20(30)13-27-36-26/h5,16-19,21-22,27H,6-14H2,1-4H3,(H,28,30)(H,29,31)/t16?,17?,18?,19-,21?,22?,24?,25+/m1/s1. The van der Waals surface area contributed by atoms with Crippen LogP contribution in [0, 0.1) is 5.92 Å². The van der Waals surface area contributed by atoms with Gasteiger partial charge in [0, 0.05) is 19.2 Å². The predicted molar refractivity (Wildman–Crippen MR) is 127 cm³/mol. The van der Waals surface area contributed by atoms with Gasteiger partial charge in [0.2, 0.25) is 5.91 Å². The van der Waals surface area contributed by atoms with Crippen molar-refractivity contribution < 1.29 is 38.1 Å². The Morgan fingerprint density at radius 2 is 1.78 bits per heavy atom. The van der Waals surface area contributed by atoms with Crippen molar-refractivity contribution in [3.8, 4) is 0 Å². The van der Waals surface area contributed by atoms with Gasteiger partial charge in [0.05, 0.1) is 18.6 Å². The number of amides is 2. The average Bonchev–Trinajstić information content (AvgIpc) is 3.75. The fraction of sp³-hybridized carbons (Fsp3) is 0.840. The highest BCUT2D eigenvalue weighted by Gasteiger charge is 2.72. The van der Waals surface area contributed by atoms with E-state index in [1.54, 1.807) is 7.11 Å². The van der Waals surface area contributed by atoms with Gasteiger partial charge in [-0.1, -0.05) is 16.7 Å². The maximum absolute atomic E-state index is 12.8. The zero-order valence-electron chi connectivity index (χ0n) is 21.6. The Hall–Kier alpha value is -1.79. The Morgan fingerprint density at radius 3 is 2.36 bits per heavy atom. The molecular formula is C25H40FN3O7. The molecule has 2 aliphatic carbocycles. The third-order valence-electron chi connectivity index (χ3n) is 8.20. The highest BCUT2D eigenvalue weighted by Crippen LogP contribution is 2.59. The molecule has 0 radical (unpaired) electrons. The molecule has 6 atom stereocenters. The summed E-state index contributed by atoms with van der Waals surface area (Å²) in [4.78, 5) is 24.5. The quantitative estimate of drug-likeness (QED) is 0.232. The molecule has 2 saturated heterocycles. The highest BCUT2D eigenvalue weighted by atomic mass is 19.3. The topological polar surface area (TPSA) is 123 Å². The fourth-order valence-electron chi connectivity index (χ4n) is 6.16. The number of carbonyl (C=O) groups excluding carboxylic acids is 2. The van der Waals surface area contributed by atoms with Gasteiger partial charge in [-0.2, -0.15) is 5.48 Å². The molecule has 0 aromatic heterocycles. The van der Waals surface area contributed by atoms with Gasteiger partial charge >= 0.3 is 6.09 Å². The number of halogens is 1. The van der Waals surface area contributed by atoms with E-state index < -0.39 is 6.09 Å². The molecule has 10 nitrogen and oxygen atoms in total. The largest absolute Gasteiger partial charge is 0.443 e. The maximum atomic E-state index is 12.8. The molecule has 11 heteroatoms. The van der Waals surface area contributed by atoms with Gasteiger partial charge in [0.1, 0.15) is 30.0 Å². The Morgan fingerprint density at radius 1 is 1.11 bits per heavy atom. The monoisotopic (exact) mass is 513 g/mol. The van der Waals surface area contributed by atoms with Crippen molar-refractivity contribution >= 4 is 12.0 Å². The predicted octanol–water partition coefficient (Wildman–Crippen LogP) is 2.62. The highest BCUT2D eigenvalue weighted by molar-refractivity contribution is 5.78. The molecule has 2 saturated carbocycles. The van der Waals surface area contributed by atoms with Crippen LogP contribution >= 0.6 is 0 Å². The summed E-state index contributed by atoms with van der Waals surface area (Å²) in [6.07, 6.45) is 6.30. The number of ether oxygens (including phenoxy) is 4. The Bertz CT molecular complexity index is 826. The first-order valence-electron chi connectivity index (χ1n) is 13.0. The van der Waals surface area contributed by atoms with Crippen molar-refractivity contribution in [1.29, 1.82) is 0 Å². The first-order chi connectivity index (χ1) is 17.2. The minimum atomic E-state index is -0.451. The molecule has 0 aromatic carbocycles. The van der Waals surface area contributed by atoms with E-state index >= 15 is 0 Å².